The smallest absolute Gasteiger partial charge is 0.306 e. The zero-order chi connectivity index (χ0) is 46.7. The zero-order valence-corrected chi connectivity index (χ0v) is 41.4. The van der Waals surface area contributed by atoms with E-state index in [2.05, 4.69) is 86.8 Å². The molecule has 0 radical (unpaired) electrons. The lowest BCUT2D eigenvalue weighted by atomic mass is 10.0. The predicted molar refractivity (Wildman–Crippen MR) is 277 cm³/mol. The van der Waals surface area contributed by atoms with Crippen LogP contribution in [0.5, 0.6) is 0 Å². The van der Waals surface area contributed by atoms with Crippen LogP contribution in [0.1, 0.15) is 220 Å². The Balaban J connectivity index is 4.75. The lowest BCUT2D eigenvalue weighted by Crippen LogP contribution is -2.46. The third-order valence-corrected chi connectivity index (χ3v) is 11.2. The Bertz CT molecular complexity index is 1320. The average Bonchev–Trinajstić information content (AvgIpc) is 3.29. The van der Waals surface area contributed by atoms with Crippen LogP contribution >= 0.6 is 0 Å². The Morgan fingerprint density at radius 1 is 0.484 bits per heavy atom. The fraction of sp³-hybridized carbons (Fsp3) is 0.655. The van der Waals surface area contributed by atoms with E-state index in [9.17, 15) is 19.8 Å². The maximum atomic E-state index is 13.2. The standard InChI is InChI=1S/C58H97NO5/c1-4-7-10-13-16-19-22-25-27-28-30-33-36-39-42-45-48-51-58(63)64-54(49-46-43-40-37-34-31-24-21-18-15-12-9-6-3)52-57(62)59-55(53-60)56(61)50-47-44-41-38-35-32-29-26-23-20-17-14-11-8-5-2/h9,12,15-16,18-19,21,24-25,27,30-31,33-34,37,39-40,42,54-56,60-61H,4-8,10-11,13-14,17,20,22-23,26,28-29,32,35-36,38,41,43-53H2,1-3H3,(H,59,62)/b12-9+,18-15+,19-16-,24-21-,27-25-,33-30-,34-31-,40-37+,42-39-. The molecule has 64 heavy (non-hydrogen) atoms. The van der Waals surface area contributed by atoms with E-state index in [1.54, 1.807) is 0 Å². The van der Waals surface area contributed by atoms with Gasteiger partial charge in [-0.3, -0.25) is 9.59 Å². The summed E-state index contributed by atoms with van der Waals surface area (Å²) in [6.07, 6.45) is 68.7. The van der Waals surface area contributed by atoms with Crippen molar-refractivity contribution in [3.8, 4) is 0 Å². The number of aliphatic hydroxyl groups excluding tert-OH is 2. The molecule has 0 aliphatic heterocycles. The van der Waals surface area contributed by atoms with Crippen LogP contribution in [-0.4, -0.2) is 46.9 Å². The van der Waals surface area contributed by atoms with Crippen molar-refractivity contribution in [2.75, 3.05) is 6.61 Å². The van der Waals surface area contributed by atoms with E-state index < -0.39 is 18.2 Å². The molecule has 0 aromatic heterocycles. The molecule has 0 saturated heterocycles. The molecule has 3 atom stereocenters. The van der Waals surface area contributed by atoms with Crippen LogP contribution < -0.4 is 5.32 Å². The van der Waals surface area contributed by atoms with Gasteiger partial charge in [0.25, 0.3) is 0 Å². The van der Waals surface area contributed by atoms with E-state index in [-0.39, 0.29) is 31.3 Å². The molecule has 0 aromatic rings. The maximum Gasteiger partial charge on any atom is 0.306 e. The number of aliphatic hydroxyl groups is 2. The van der Waals surface area contributed by atoms with Crippen LogP contribution in [0.3, 0.4) is 0 Å². The number of unbranched alkanes of at least 4 members (excludes halogenated alkanes) is 19. The van der Waals surface area contributed by atoms with Gasteiger partial charge in [0.15, 0.2) is 0 Å². The fourth-order valence-electron chi connectivity index (χ4n) is 7.27. The SMILES string of the molecule is CC/C=C/C=C/C=C\C=C/C=C/CCCC(CC(=O)NC(CO)C(O)CCCCCCCCCCCCCCCCC)OC(=O)CCC/C=C\C/C=C\C/C=C\C/C=C\CCCCC. The van der Waals surface area contributed by atoms with Crippen LogP contribution in [0.4, 0.5) is 0 Å². The van der Waals surface area contributed by atoms with Gasteiger partial charge < -0.3 is 20.3 Å². The summed E-state index contributed by atoms with van der Waals surface area (Å²) in [4.78, 5) is 26.1. The molecule has 6 nitrogen and oxygen atoms in total. The molecule has 6 heteroatoms. The lowest BCUT2D eigenvalue weighted by Gasteiger charge is -2.24. The molecule has 0 rings (SSSR count). The highest BCUT2D eigenvalue weighted by atomic mass is 16.5. The third-order valence-electron chi connectivity index (χ3n) is 11.2. The van der Waals surface area contributed by atoms with Gasteiger partial charge >= 0.3 is 5.97 Å². The number of allylic oxidation sites excluding steroid dienone is 18. The molecule has 0 heterocycles. The number of hydrogen-bond acceptors (Lipinski definition) is 5. The number of carbonyl (C=O) groups is 2. The monoisotopic (exact) mass is 888 g/mol. The maximum absolute atomic E-state index is 13.2. The largest absolute Gasteiger partial charge is 0.462 e. The van der Waals surface area contributed by atoms with Crippen molar-refractivity contribution in [3.63, 3.8) is 0 Å². The number of carbonyl (C=O) groups excluding carboxylic acids is 2. The van der Waals surface area contributed by atoms with Crippen LogP contribution in [-0.2, 0) is 14.3 Å². The molecule has 3 N–H and O–H groups in total. The molecule has 0 aromatic carbocycles. The normalized spacial score (nSPS) is 14.1. The fourth-order valence-corrected chi connectivity index (χ4v) is 7.27. The number of amides is 1. The highest BCUT2D eigenvalue weighted by Crippen LogP contribution is 2.16. The van der Waals surface area contributed by atoms with Crippen LogP contribution in [0.25, 0.3) is 0 Å². The van der Waals surface area contributed by atoms with Gasteiger partial charge in [0.05, 0.1) is 25.2 Å². The van der Waals surface area contributed by atoms with E-state index in [1.165, 1.54) is 103 Å². The molecule has 3 unspecified atom stereocenters. The van der Waals surface area contributed by atoms with Gasteiger partial charge in [0.1, 0.15) is 6.10 Å². The summed E-state index contributed by atoms with van der Waals surface area (Å²) in [6, 6.07) is -0.743. The van der Waals surface area contributed by atoms with E-state index in [0.29, 0.717) is 19.3 Å². The molecule has 0 aliphatic rings. The summed E-state index contributed by atoms with van der Waals surface area (Å²) >= 11 is 0. The number of ether oxygens (including phenoxy) is 1. The minimum Gasteiger partial charge on any atom is -0.462 e. The van der Waals surface area contributed by atoms with Gasteiger partial charge in [-0.1, -0.05) is 239 Å². The van der Waals surface area contributed by atoms with Crippen LogP contribution in [0.2, 0.25) is 0 Å². The van der Waals surface area contributed by atoms with Gasteiger partial charge in [-0.15, -0.1) is 0 Å². The minimum atomic E-state index is -0.823. The lowest BCUT2D eigenvalue weighted by molar-refractivity contribution is -0.151. The van der Waals surface area contributed by atoms with Gasteiger partial charge in [-0.05, 0) is 77.0 Å². The second-order valence-corrected chi connectivity index (χ2v) is 17.3. The Hall–Kier alpha value is -3.48. The first kappa shape index (κ1) is 60.5. The summed E-state index contributed by atoms with van der Waals surface area (Å²) in [5.41, 5.74) is 0. The number of rotatable bonds is 45. The second kappa shape index (κ2) is 50.5. The van der Waals surface area contributed by atoms with E-state index in [1.807, 2.05) is 48.6 Å². The molecule has 0 spiro atoms. The first-order valence-electron chi connectivity index (χ1n) is 26.2. The second-order valence-electron chi connectivity index (χ2n) is 17.3. The summed E-state index contributed by atoms with van der Waals surface area (Å²) in [5.74, 6) is -0.622. The summed E-state index contributed by atoms with van der Waals surface area (Å²) < 4.78 is 5.86. The summed E-state index contributed by atoms with van der Waals surface area (Å²) in [7, 11) is 0. The zero-order valence-electron chi connectivity index (χ0n) is 41.4. The summed E-state index contributed by atoms with van der Waals surface area (Å²) in [6.45, 7) is 6.27. The van der Waals surface area contributed by atoms with Crippen molar-refractivity contribution in [3.05, 3.63) is 109 Å². The van der Waals surface area contributed by atoms with Gasteiger partial charge in [0, 0.05) is 6.42 Å². The molecule has 0 saturated carbocycles. The van der Waals surface area contributed by atoms with Crippen molar-refractivity contribution in [1.82, 2.24) is 5.32 Å². The third kappa shape index (κ3) is 45.1. The number of esters is 1. The van der Waals surface area contributed by atoms with Crippen LogP contribution in [0.15, 0.2) is 109 Å². The number of nitrogens with one attached hydrogen (secondary N) is 1. The van der Waals surface area contributed by atoms with Crippen molar-refractivity contribution in [2.45, 2.75) is 238 Å². The van der Waals surface area contributed by atoms with E-state index in [4.69, 9.17) is 4.74 Å². The Morgan fingerprint density at radius 2 is 0.922 bits per heavy atom. The topological polar surface area (TPSA) is 95.9 Å². The van der Waals surface area contributed by atoms with Crippen molar-refractivity contribution >= 4 is 11.9 Å². The number of hydrogen-bond donors (Lipinski definition) is 3. The van der Waals surface area contributed by atoms with Crippen molar-refractivity contribution in [2.24, 2.45) is 0 Å². The Labute approximate surface area is 394 Å². The molecule has 0 aliphatic carbocycles. The first-order valence-corrected chi connectivity index (χ1v) is 26.2. The van der Waals surface area contributed by atoms with Gasteiger partial charge in [-0.2, -0.15) is 0 Å². The highest BCUT2D eigenvalue weighted by molar-refractivity contribution is 5.77. The molecule has 1 amide bonds. The predicted octanol–water partition coefficient (Wildman–Crippen LogP) is 15.9. The van der Waals surface area contributed by atoms with Crippen molar-refractivity contribution in [1.29, 1.82) is 0 Å². The minimum absolute atomic E-state index is 0.000463. The quantitative estimate of drug-likeness (QED) is 0.0245. The van der Waals surface area contributed by atoms with Crippen LogP contribution in [0, 0.1) is 0 Å². The molecule has 0 fully saturated rings. The molecular weight excluding hydrogens is 791 g/mol. The molecular formula is C58H97NO5. The van der Waals surface area contributed by atoms with E-state index in [0.717, 1.165) is 64.2 Å². The Kier molecular flexibility index (Phi) is 47.8. The molecule has 0 bridgehead atoms. The van der Waals surface area contributed by atoms with Gasteiger partial charge in [-0.25, -0.2) is 0 Å². The first-order chi connectivity index (χ1) is 31.5. The highest BCUT2D eigenvalue weighted by Gasteiger charge is 2.24. The van der Waals surface area contributed by atoms with Crippen molar-refractivity contribution < 1.29 is 24.5 Å². The average molecular weight is 888 g/mol. The van der Waals surface area contributed by atoms with Gasteiger partial charge in [0.2, 0.25) is 5.91 Å². The van der Waals surface area contributed by atoms with E-state index >= 15 is 0 Å². The Morgan fingerprint density at radius 3 is 1.44 bits per heavy atom. The summed E-state index contributed by atoms with van der Waals surface area (Å²) in [5, 5.41) is 23.8. The molecule has 364 valence electrons.